The summed E-state index contributed by atoms with van der Waals surface area (Å²) in [6.45, 7) is 6.22. The van der Waals surface area contributed by atoms with E-state index in [0.717, 1.165) is 17.7 Å². The zero-order chi connectivity index (χ0) is 22.8. The number of hydrogen-bond acceptors (Lipinski definition) is 6. The molecule has 4 rings (SSSR count). The van der Waals surface area contributed by atoms with Crippen molar-refractivity contribution in [3.63, 3.8) is 0 Å². The Morgan fingerprint density at radius 3 is 2.16 bits per heavy atom. The zero-order valence-electron chi connectivity index (χ0n) is 18.2. The van der Waals surface area contributed by atoms with Gasteiger partial charge in [-0.15, -0.1) is 0 Å². The SMILES string of the molecule is CCN(CC)C(=O)[C@@H]1CCCN(C(=O)c2ccc(N3C(=O)c4cnncc4C3=O)cc2)C1. The Bertz CT molecular complexity index is 1030. The Kier molecular flexibility index (Phi) is 5.98. The second-order valence-corrected chi connectivity index (χ2v) is 7.91. The number of carbonyl (C=O) groups is 4. The minimum atomic E-state index is -0.465. The summed E-state index contributed by atoms with van der Waals surface area (Å²) in [5.41, 5.74) is 1.25. The Hall–Kier alpha value is -3.62. The van der Waals surface area contributed by atoms with Crippen LogP contribution in [0.25, 0.3) is 0 Å². The molecule has 0 radical (unpaired) electrons. The van der Waals surface area contributed by atoms with Gasteiger partial charge >= 0.3 is 0 Å². The number of anilines is 1. The number of piperidine rings is 1. The molecule has 0 aliphatic carbocycles. The lowest BCUT2D eigenvalue weighted by Crippen LogP contribution is -2.46. The topological polar surface area (TPSA) is 104 Å². The van der Waals surface area contributed by atoms with E-state index in [-0.39, 0.29) is 28.9 Å². The molecule has 32 heavy (non-hydrogen) atoms. The van der Waals surface area contributed by atoms with E-state index < -0.39 is 11.8 Å². The van der Waals surface area contributed by atoms with E-state index in [4.69, 9.17) is 0 Å². The third-order valence-corrected chi connectivity index (χ3v) is 6.10. The molecule has 0 N–H and O–H groups in total. The normalized spacial score (nSPS) is 18.0. The maximum atomic E-state index is 13.1. The van der Waals surface area contributed by atoms with E-state index >= 15 is 0 Å². The minimum Gasteiger partial charge on any atom is -0.343 e. The number of likely N-dealkylation sites (tertiary alicyclic amines) is 1. The second kappa shape index (κ2) is 8.86. The van der Waals surface area contributed by atoms with Crippen molar-refractivity contribution in [2.45, 2.75) is 26.7 Å². The van der Waals surface area contributed by atoms with Crippen LogP contribution in [0.4, 0.5) is 5.69 Å². The van der Waals surface area contributed by atoms with E-state index in [1.165, 1.54) is 12.4 Å². The molecule has 0 spiro atoms. The van der Waals surface area contributed by atoms with Gasteiger partial charge in [-0.05, 0) is 51.0 Å². The van der Waals surface area contributed by atoms with Crippen molar-refractivity contribution < 1.29 is 19.2 Å². The fourth-order valence-electron chi connectivity index (χ4n) is 4.32. The number of carbonyl (C=O) groups excluding carboxylic acids is 4. The van der Waals surface area contributed by atoms with Crippen molar-refractivity contribution in [3.8, 4) is 0 Å². The lowest BCUT2D eigenvalue weighted by atomic mass is 9.95. The number of hydrogen-bond donors (Lipinski definition) is 0. The fraction of sp³-hybridized carbons (Fsp3) is 0.391. The molecule has 0 unspecified atom stereocenters. The maximum Gasteiger partial charge on any atom is 0.267 e. The highest BCUT2D eigenvalue weighted by molar-refractivity contribution is 6.34. The van der Waals surface area contributed by atoms with Crippen molar-refractivity contribution in [1.82, 2.24) is 20.0 Å². The van der Waals surface area contributed by atoms with E-state index in [1.54, 1.807) is 34.1 Å². The molecule has 2 aromatic rings. The number of fused-ring (bicyclic) bond motifs is 1. The highest BCUT2D eigenvalue weighted by Crippen LogP contribution is 2.28. The average Bonchev–Trinajstić information content (AvgIpc) is 3.09. The van der Waals surface area contributed by atoms with Crippen molar-refractivity contribution in [3.05, 3.63) is 53.3 Å². The molecule has 9 heteroatoms. The van der Waals surface area contributed by atoms with Crippen LogP contribution in [0.15, 0.2) is 36.7 Å². The van der Waals surface area contributed by atoms with E-state index in [1.807, 2.05) is 13.8 Å². The summed E-state index contributed by atoms with van der Waals surface area (Å²) in [4.78, 5) is 55.6. The van der Waals surface area contributed by atoms with Gasteiger partial charge in [0.2, 0.25) is 5.91 Å². The fourth-order valence-corrected chi connectivity index (χ4v) is 4.32. The molecule has 1 aromatic heterocycles. The third kappa shape index (κ3) is 3.74. The molecule has 4 amide bonds. The highest BCUT2D eigenvalue weighted by Gasteiger charge is 2.37. The number of rotatable bonds is 5. The molecule has 3 heterocycles. The van der Waals surface area contributed by atoms with Gasteiger partial charge in [0.1, 0.15) is 0 Å². The van der Waals surface area contributed by atoms with Crippen LogP contribution >= 0.6 is 0 Å². The summed E-state index contributed by atoms with van der Waals surface area (Å²) in [5.74, 6) is -1.19. The van der Waals surface area contributed by atoms with Crippen LogP contribution in [0.1, 0.15) is 57.8 Å². The lowest BCUT2D eigenvalue weighted by molar-refractivity contribution is -0.136. The Morgan fingerprint density at radius 2 is 1.59 bits per heavy atom. The summed E-state index contributed by atoms with van der Waals surface area (Å²) in [6.07, 6.45) is 4.11. The van der Waals surface area contributed by atoms with E-state index in [2.05, 4.69) is 10.2 Å². The van der Waals surface area contributed by atoms with Gasteiger partial charge in [-0.1, -0.05) is 0 Å². The summed E-state index contributed by atoms with van der Waals surface area (Å²) >= 11 is 0. The third-order valence-electron chi connectivity index (χ3n) is 6.10. The molecule has 1 fully saturated rings. The molecule has 0 saturated carbocycles. The highest BCUT2D eigenvalue weighted by atomic mass is 16.2. The monoisotopic (exact) mass is 435 g/mol. The van der Waals surface area contributed by atoms with E-state index in [9.17, 15) is 19.2 Å². The summed E-state index contributed by atoms with van der Waals surface area (Å²) in [7, 11) is 0. The number of amides is 4. The first kappa shape index (κ1) is 21.6. The Labute approximate surface area is 186 Å². The molecule has 1 aromatic carbocycles. The van der Waals surface area contributed by atoms with Gasteiger partial charge in [0.05, 0.1) is 35.1 Å². The Balaban J connectivity index is 1.48. The van der Waals surface area contributed by atoms with Crippen LogP contribution < -0.4 is 4.90 Å². The number of imide groups is 1. The van der Waals surface area contributed by atoms with Gasteiger partial charge in [-0.3, -0.25) is 19.2 Å². The van der Waals surface area contributed by atoms with Crippen LogP contribution in [0.2, 0.25) is 0 Å². The molecule has 2 aliphatic rings. The van der Waals surface area contributed by atoms with Crippen molar-refractivity contribution in [2.24, 2.45) is 5.92 Å². The predicted octanol–water partition coefficient (Wildman–Crippen LogP) is 2.00. The molecule has 166 valence electrons. The number of nitrogens with zero attached hydrogens (tertiary/aromatic N) is 5. The van der Waals surface area contributed by atoms with Crippen molar-refractivity contribution in [2.75, 3.05) is 31.1 Å². The zero-order valence-corrected chi connectivity index (χ0v) is 18.2. The molecular weight excluding hydrogens is 410 g/mol. The van der Waals surface area contributed by atoms with Crippen LogP contribution in [0.5, 0.6) is 0 Å². The quantitative estimate of drug-likeness (QED) is 0.666. The Morgan fingerprint density at radius 1 is 1.00 bits per heavy atom. The molecule has 9 nitrogen and oxygen atoms in total. The van der Waals surface area contributed by atoms with Crippen molar-refractivity contribution >= 4 is 29.3 Å². The first-order valence-electron chi connectivity index (χ1n) is 10.8. The largest absolute Gasteiger partial charge is 0.343 e. The number of benzene rings is 1. The maximum absolute atomic E-state index is 13.1. The van der Waals surface area contributed by atoms with Gasteiger partial charge in [0, 0.05) is 31.7 Å². The standard InChI is InChI=1S/C23H25N5O4/c1-3-26(4-2)21(30)16-6-5-11-27(14-16)20(29)15-7-9-17(10-8-15)28-22(31)18-12-24-25-13-19(18)23(28)32/h7-10,12-13,16H,3-6,11,14H2,1-2H3/t16-/m1/s1. The van der Waals surface area contributed by atoms with Gasteiger partial charge in [0.25, 0.3) is 17.7 Å². The van der Waals surface area contributed by atoms with Crippen LogP contribution in [0, 0.1) is 5.92 Å². The minimum absolute atomic E-state index is 0.0949. The molecular formula is C23H25N5O4. The first-order valence-corrected chi connectivity index (χ1v) is 10.8. The van der Waals surface area contributed by atoms with Crippen LogP contribution in [-0.2, 0) is 4.79 Å². The molecule has 1 atom stereocenters. The average molecular weight is 435 g/mol. The van der Waals surface area contributed by atoms with Crippen molar-refractivity contribution in [1.29, 1.82) is 0 Å². The molecule has 0 bridgehead atoms. The van der Waals surface area contributed by atoms with Crippen LogP contribution in [0.3, 0.4) is 0 Å². The smallest absolute Gasteiger partial charge is 0.267 e. The van der Waals surface area contributed by atoms with Gasteiger partial charge in [-0.25, -0.2) is 4.90 Å². The summed E-state index contributed by atoms with van der Waals surface area (Å²) in [5, 5.41) is 7.34. The van der Waals surface area contributed by atoms with E-state index in [0.29, 0.717) is 37.4 Å². The molecule has 1 saturated heterocycles. The molecule has 2 aliphatic heterocycles. The van der Waals surface area contributed by atoms with Gasteiger partial charge in [0.15, 0.2) is 0 Å². The second-order valence-electron chi connectivity index (χ2n) is 7.91. The summed E-state index contributed by atoms with van der Waals surface area (Å²) < 4.78 is 0. The van der Waals surface area contributed by atoms with Gasteiger partial charge in [-0.2, -0.15) is 10.2 Å². The van der Waals surface area contributed by atoms with Crippen LogP contribution in [-0.4, -0.2) is 69.8 Å². The lowest BCUT2D eigenvalue weighted by Gasteiger charge is -2.34. The first-order chi connectivity index (χ1) is 15.5. The summed E-state index contributed by atoms with van der Waals surface area (Å²) in [6, 6.07) is 6.37. The number of aromatic nitrogens is 2. The van der Waals surface area contributed by atoms with Gasteiger partial charge < -0.3 is 9.80 Å². The predicted molar refractivity (Wildman–Crippen MR) is 116 cm³/mol.